The molecule has 1 saturated carbocycles. The third-order valence-electron chi connectivity index (χ3n) is 4.07. The summed E-state index contributed by atoms with van der Waals surface area (Å²) in [5.41, 5.74) is -0.619. The summed E-state index contributed by atoms with van der Waals surface area (Å²) in [5, 5.41) is 10.1. The summed E-state index contributed by atoms with van der Waals surface area (Å²) < 4.78 is 10.5. The van der Waals surface area contributed by atoms with Gasteiger partial charge in [-0.05, 0) is 47.0 Å². The quantitative estimate of drug-likeness (QED) is 0.785. The van der Waals surface area contributed by atoms with E-state index in [0.29, 0.717) is 6.42 Å². The summed E-state index contributed by atoms with van der Waals surface area (Å²) in [6, 6.07) is -0.892. The molecule has 1 amide bonds. The summed E-state index contributed by atoms with van der Waals surface area (Å²) in [6.45, 7) is 7.36. The predicted octanol–water partition coefficient (Wildman–Crippen LogP) is 1.70. The maximum atomic E-state index is 12.4. The molecule has 0 radical (unpaired) electrons. The van der Waals surface area contributed by atoms with Crippen LogP contribution in [-0.4, -0.2) is 52.5 Å². The fourth-order valence-corrected chi connectivity index (χ4v) is 3.30. The van der Waals surface area contributed by atoms with E-state index in [0.717, 1.165) is 12.8 Å². The highest BCUT2D eigenvalue weighted by Crippen LogP contribution is 2.41. The largest absolute Gasteiger partial charge is 0.464 e. The summed E-state index contributed by atoms with van der Waals surface area (Å²) >= 11 is 0. The minimum Gasteiger partial charge on any atom is -0.464 e. The molecule has 4 unspecified atom stereocenters. The van der Waals surface area contributed by atoms with E-state index in [-0.39, 0.29) is 18.6 Å². The number of nitrogens with zero attached hydrogens (tertiary/aromatic N) is 1. The van der Waals surface area contributed by atoms with Crippen LogP contribution in [0.4, 0.5) is 4.79 Å². The van der Waals surface area contributed by atoms with Crippen LogP contribution in [0.1, 0.15) is 47.0 Å². The zero-order valence-corrected chi connectivity index (χ0v) is 13.2. The maximum absolute atomic E-state index is 12.4. The molecule has 2 aliphatic heterocycles. The first-order valence-electron chi connectivity index (χ1n) is 7.60. The Morgan fingerprint density at radius 1 is 1.29 bits per heavy atom. The molecule has 6 nitrogen and oxygen atoms in total. The van der Waals surface area contributed by atoms with Crippen LogP contribution in [0.3, 0.4) is 0 Å². The van der Waals surface area contributed by atoms with Gasteiger partial charge in [0.05, 0.1) is 12.7 Å². The molecule has 2 saturated heterocycles. The molecule has 0 spiro atoms. The molecular formula is C15H25NO5. The number of hydrogen-bond acceptors (Lipinski definition) is 5. The van der Waals surface area contributed by atoms with E-state index in [4.69, 9.17) is 9.47 Å². The van der Waals surface area contributed by atoms with Crippen LogP contribution >= 0.6 is 0 Å². The maximum Gasteiger partial charge on any atom is 0.411 e. The van der Waals surface area contributed by atoms with Gasteiger partial charge in [-0.3, -0.25) is 4.90 Å². The Morgan fingerprint density at radius 2 is 1.95 bits per heavy atom. The molecule has 0 aromatic heterocycles. The lowest BCUT2D eigenvalue weighted by Crippen LogP contribution is -2.65. The lowest BCUT2D eigenvalue weighted by atomic mass is 9.73. The van der Waals surface area contributed by atoms with Gasteiger partial charge in [0.1, 0.15) is 11.6 Å². The molecule has 2 bridgehead atoms. The van der Waals surface area contributed by atoms with Gasteiger partial charge in [0, 0.05) is 12.0 Å². The molecule has 6 heteroatoms. The highest BCUT2D eigenvalue weighted by molar-refractivity contribution is 5.83. The Labute approximate surface area is 125 Å². The fraction of sp³-hybridized carbons (Fsp3) is 0.867. The Kier molecular flexibility index (Phi) is 4.46. The van der Waals surface area contributed by atoms with Gasteiger partial charge in [0.15, 0.2) is 0 Å². The third kappa shape index (κ3) is 3.31. The molecule has 0 aromatic carbocycles. The minimum absolute atomic E-state index is 0.158. The number of hydrogen-bond donors (Lipinski definition) is 1. The van der Waals surface area contributed by atoms with Gasteiger partial charge in [0.2, 0.25) is 0 Å². The number of carbonyl (C=O) groups excluding carboxylic acids is 2. The number of esters is 1. The lowest BCUT2D eigenvalue weighted by Gasteiger charge is -2.51. The van der Waals surface area contributed by atoms with Crippen molar-refractivity contribution >= 4 is 12.1 Å². The minimum atomic E-state index is -0.734. The van der Waals surface area contributed by atoms with E-state index >= 15 is 0 Å². The van der Waals surface area contributed by atoms with Crippen molar-refractivity contribution in [1.82, 2.24) is 4.90 Å². The monoisotopic (exact) mass is 299 g/mol. The number of carbonyl (C=O) groups is 2. The number of piperidine rings is 2. The highest BCUT2D eigenvalue weighted by Gasteiger charge is 2.53. The molecule has 3 rings (SSSR count). The van der Waals surface area contributed by atoms with Gasteiger partial charge < -0.3 is 14.6 Å². The van der Waals surface area contributed by atoms with Crippen LogP contribution in [0.25, 0.3) is 0 Å². The van der Waals surface area contributed by atoms with E-state index in [9.17, 15) is 14.7 Å². The molecule has 0 aromatic rings. The SMILES string of the molecule is CCOC(=O)C1C2CCC(CC2O)N1C(=O)OC(C)(C)C. The molecule has 3 aliphatic rings. The Morgan fingerprint density at radius 3 is 2.48 bits per heavy atom. The van der Waals surface area contributed by atoms with Crippen molar-refractivity contribution < 1.29 is 24.2 Å². The molecule has 1 N–H and O–H groups in total. The first kappa shape index (κ1) is 16.1. The fourth-order valence-electron chi connectivity index (χ4n) is 3.30. The second-order valence-corrected chi connectivity index (χ2v) is 6.78. The zero-order chi connectivity index (χ0) is 15.8. The summed E-state index contributed by atoms with van der Waals surface area (Å²) in [7, 11) is 0. The van der Waals surface area contributed by atoms with E-state index in [1.807, 2.05) is 0 Å². The molecule has 21 heavy (non-hydrogen) atoms. The first-order valence-corrected chi connectivity index (χ1v) is 7.60. The van der Waals surface area contributed by atoms with Crippen molar-refractivity contribution in [3.63, 3.8) is 0 Å². The molecule has 120 valence electrons. The summed E-state index contributed by atoms with van der Waals surface area (Å²) in [5.74, 6) is -0.710. The average Bonchev–Trinajstić information content (AvgIpc) is 2.36. The lowest BCUT2D eigenvalue weighted by molar-refractivity contribution is -0.165. The number of aliphatic hydroxyl groups is 1. The van der Waals surface area contributed by atoms with Crippen molar-refractivity contribution in [2.75, 3.05) is 6.61 Å². The van der Waals surface area contributed by atoms with Crippen molar-refractivity contribution in [2.45, 2.75) is 70.7 Å². The van der Waals surface area contributed by atoms with Gasteiger partial charge in [0.25, 0.3) is 0 Å². The zero-order valence-electron chi connectivity index (χ0n) is 13.2. The molecule has 2 heterocycles. The predicted molar refractivity (Wildman–Crippen MR) is 75.6 cm³/mol. The Hall–Kier alpha value is -1.30. The van der Waals surface area contributed by atoms with Crippen molar-refractivity contribution in [1.29, 1.82) is 0 Å². The topological polar surface area (TPSA) is 76.1 Å². The Balaban J connectivity index is 2.23. The smallest absolute Gasteiger partial charge is 0.411 e. The van der Waals surface area contributed by atoms with Crippen LogP contribution < -0.4 is 0 Å². The van der Waals surface area contributed by atoms with Crippen LogP contribution in [0.2, 0.25) is 0 Å². The number of ether oxygens (including phenoxy) is 2. The van der Waals surface area contributed by atoms with E-state index in [2.05, 4.69) is 0 Å². The van der Waals surface area contributed by atoms with Gasteiger partial charge in [-0.25, -0.2) is 9.59 Å². The number of fused-ring (bicyclic) bond motifs is 3. The van der Waals surface area contributed by atoms with Gasteiger partial charge in [-0.1, -0.05) is 0 Å². The summed E-state index contributed by atoms with van der Waals surface area (Å²) in [4.78, 5) is 26.2. The van der Waals surface area contributed by atoms with Crippen LogP contribution in [-0.2, 0) is 14.3 Å². The summed E-state index contributed by atoms with van der Waals surface area (Å²) in [6.07, 6.45) is 0.963. The normalized spacial score (nSPS) is 32.0. The number of aliphatic hydroxyl groups excluding tert-OH is 1. The van der Waals surface area contributed by atoms with Crippen molar-refractivity contribution in [3.8, 4) is 0 Å². The van der Waals surface area contributed by atoms with E-state index < -0.39 is 29.8 Å². The first-order chi connectivity index (χ1) is 9.74. The second kappa shape index (κ2) is 5.83. The third-order valence-corrected chi connectivity index (χ3v) is 4.07. The van der Waals surface area contributed by atoms with Crippen LogP contribution in [0.5, 0.6) is 0 Å². The molecule has 4 atom stereocenters. The highest BCUT2D eigenvalue weighted by atomic mass is 16.6. The van der Waals surface area contributed by atoms with Crippen molar-refractivity contribution in [3.05, 3.63) is 0 Å². The van der Waals surface area contributed by atoms with Gasteiger partial charge >= 0.3 is 12.1 Å². The molecule has 3 fully saturated rings. The van der Waals surface area contributed by atoms with Crippen LogP contribution in [0.15, 0.2) is 0 Å². The van der Waals surface area contributed by atoms with E-state index in [1.165, 1.54) is 4.90 Å². The van der Waals surface area contributed by atoms with Crippen LogP contribution in [0, 0.1) is 5.92 Å². The Bertz CT molecular complexity index is 417. The van der Waals surface area contributed by atoms with Gasteiger partial charge in [-0.2, -0.15) is 0 Å². The number of amides is 1. The van der Waals surface area contributed by atoms with Crippen molar-refractivity contribution in [2.24, 2.45) is 5.92 Å². The number of rotatable bonds is 2. The second-order valence-electron chi connectivity index (χ2n) is 6.78. The molecular weight excluding hydrogens is 274 g/mol. The van der Waals surface area contributed by atoms with E-state index in [1.54, 1.807) is 27.7 Å². The average molecular weight is 299 g/mol. The standard InChI is InChI=1S/C15H25NO5/c1-5-20-13(18)12-10-7-6-9(8-11(10)17)16(12)14(19)21-15(2,3)4/h9-12,17H,5-8H2,1-4H3. The van der Waals surface area contributed by atoms with Gasteiger partial charge in [-0.15, -0.1) is 0 Å². The molecule has 1 aliphatic carbocycles.